The number of aliphatic hydroxyl groups is 1. The van der Waals surface area contributed by atoms with Crippen molar-refractivity contribution in [1.82, 2.24) is 4.90 Å². The van der Waals surface area contributed by atoms with Crippen molar-refractivity contribution in [1.29, 1.82) is 0 Å². The van der Waals surface area contributed by atoms with Gasteiger partial charge in [-0.2, -0.15) is 0 Å². The predicted octanol–water partition coefficient (Wildman–Crippen LogP) is 2.54. The van der Waals surface area contributed by atoms with E-state index in [0.29, 0.717) is 5.56 Å². The topological polar surface area (TPSA) is 23.5 Å². The Morgan fingerprint density at radius 2 is 2.21 bits per heavy atom. The Kier molecular flexibility index (Phi) is 4.24. The number of nitrogens with zero attached hydrogens (tertiary/aromatic N) is 1. The molecule has 1 aliphatic rings. The summed E-state index contributed by atoms with van der Waals surface area (Å²) >= 11 is 0. The van der Waals surface area contributed by atoms with Gasteiger partial charge in [-0.1, -0.05) is 17.9 Å². The van der Waals surface area contributed by atoms with Crippen LogP contribution >= 0.6 is 0 Å². The molecule has 1 saturated heterocycles. The van der Waals surface area contributed by atoms with Gasteiger partial charge in [0.25, 0.3) is 0 Å². The summed E-state index contributed by atoms with van der Waals surface area (Å²) in [4.78, 5) is 2.41. The van der Waals surface area contributed by atoms with E-state index in [1.807, 2.05) is 0 Å². The van der Waals surface area contributed by atoms with E-state index in [-0.39, 0.29) is 18.0 Å². The van der Waals surface area contributed by atoms with Gasteiger partial charge in [0.2, 0.25) is 0 Å². The van der Waals surface area contributed by atoms with Gasteiger partial charge in [-0.3, -0.25) is 4.90 Å². The van der Waals surface area contributed by atoms with Crippen molar-refractivity contribution >= 4 is 0 Å². The third-order valence-corrected chi connectivity index (χ3v) is 3.81. The number of aliphatic hydroxyl groups excluding tert-OH is 1. The number of benzene rings is 1. The number of likely N-dealkylation sites (tertiary alicyclic amines) is 1. The smallest absolute Gasteiger partial charge is 0.124 e. The Hall–Kier alpha value is -1.37. The highest BCUT2D eigenvalue weighted by Gasteiger charge is 2.31. The third kappa shape index (κ3) is 3.34. The fraction of sp³-hybridized carbons (Fsp3) is 0.500. The molecular weight excluding hydrogens is 241 g/mol. The van der Waals surface area contributed by atoms with E-state index in [4.69, 9.17) is 5.11 Å². The van der Waals surface area contributed by atoms with Crippen molar-refractivity contribution in [3.63, 3.8) is 0 Å². The second kappa shape index (κ2) is 5.73. The van der Waals surface area contributed by atoms with E-state index in [9.17, 15) is 4.39 Å². The van der Waals surface area contributed by atoms with Crippen molar-refractivity contribution in [2.45, 2.75) is 38.8 Å². The second-order valence-corrected chi connectivity index (χ2v) is 5.60. The summed E-state index contributed by atoms with van der Waals surface area (Å²) in [6, 6.07) is 4.72. The van der Waals surface area contributed by atoms with Gasteiger partial charge in [-0.05, 0) is 50.9 Å². The summed E-state index contributed by atoms with van der Waals surface area (Å²) < 4.78 is 13.3. The quantitative estimate of drug-likeness (QED) is 0.827. The lowest BCUT2D eigenvalue weighted by atomic mass is 10.0. The molecule has 1 heterocycles. The Bertz CT molecular complexity index is 513. The van der Waals surface area contributed by atoms with Crippen molar-refractivity contribution in [3.8, 4) is 11.8 Å². The van der Waals surface area contributed by atoms with Crippen LogP contribution in [-0.4, -0.2) is 28.7 Å². The first kappa shape index (κ1) is 14.0. The van der Waals surface area contributed by atoms with E-state index in [0.717, 1.165) is 18.7 Å². The summed E-state index contributed by atoms with van der Waals surface area (Å²) in [5.74, 6) is 5.15. The first-order valence-electron chi connectivity index (χ1n) is 6.66. The maximum Gasteiger partial charge on any atom is 0.124 e. The van der Waals surface area contributed by atoms with Crippen LogP contribution in [0.3, 0.4) is 0 Å². The largest absolute Gasteiger partial charge is 0.384 e. The van der Waals surface area contributed by atoms with Gasteiger partial charge in [0.05, 0.1) is 0 Å². The van der Waals surface area contributed by atoms with Crippen LogP contribution in [0.2, 0.25) is 0 Å². The van der Waals surface area contributed by atoms with E-state index in [2.05, 4.69) is 30.6 Å². The molecule has 1 aliphatic heterocycles. The third-order valence-electron chi connectivity index (χ3n) is 3.81. The molecule has 102 valence electrons. The molecule has 0 bridgehead atoms. The highest BCUT2D eigenvalue weighted by atomic mass is 19.1. The number of halogens is 1. The molecule has 1 fully saturated rings. The lowest BCUT2D eigenvalue weighted by Crippen LogP contribution is -2.37. The molecular formula is C16H20FNO. The molecule has 0 aliphatic carbocycles. The molecule has 1 aromatic carbocycles. The number of rotatable bonds is 2. The van der Waals surface area contributed by atoms with Crippen LogP contribution in [0.4, 0.5) is 4.39 Å². The van der Waals surface area contributed by atoms with Crippen LogP contribution in [-0.2, 0) is 6.54 Å². The molecule has 1 N–H and O–H groups in total. The first-order valence-corrected chi connectivity index (χ1v) is 6.66. The van der Waals surface area contributed by atoms with Crippen LogP contribution in [0.15, 0.2) is 18.2 Å². The van der Waals surface area contributed by atoms with Gasteiger partial charge < -0.3 is 5.11 Å². The Balaban J connectivity index is 2.24. The van der Waals surface area contributed by atoms with Crippen molar-refractivity contribution < 1.29 is 9.50 Å². The molecule has 2 nitrogen and oxygen atoms in total. The lowest BCUT2D eigenvalue weighted by Gasteiger charge is -2.31. The second-order valence-electron chi connectivity index (χ2n) is 5.60. The summed E-state index contributed by atoms with van der Waals surface area (Å²) in [7, 11) is 0. The highest BCUT2D eigenvalue weighted by molar-refractivity contribution is 5.42. The molecule has 0 unspecified atom stereocenters. The Morgan fingerprint density at radius 1 is 1.42 bits per heavy atom. The summed E-state index contributed by atoms with van der Waals surface area (Å²) in [5, 5.41) is 8.78. The Morgan fingerprint density at radius 3 is 2.84 bits per heavy atom. The van der Waals surface area contributed by atoms with Crippen LogP contribution in [0, 0.1) is 17.7 Å². The van der Waals surface area contributed by atoms with Gasteiger partial charge in [-0.25, -0.2) is 4.39 Å². The van der Waals surface area contributed by atoms with E-state index in [1.54, 1.807) is 6.07 Å². The summed E-state index contributed by atoms with van der Waals surface area (Å²) in [6.45, 7) is 6.12. The van der Waals surface area contributed by atoms with Gasteiger partial charge in [0.1, 0.15) is 12.4 Å². The van der Waals surface area contributed by atoms with Gasteiger partial charge in [0, 0.05) is 17.6 Å². The molecule has 0 amide bonds. The van der Waals surface area contributed by atoms with Crippen LogP contribution in [0.25, 0.3) is 0 Å². The maximum atomic E-state index is 13.3. The van der Waals surface area contributed by atoms with Crippen LogP contribution in [0.5, 0.6) is 0 Å². The molecule has 0 radical (unpaired) electrons. The van der Waals surface area contributed by atoms with E-state index < -0.39 is 0 Å². The van der Waals surface area contributed by atoms with Gasteiger partial charge in [-0.15, -0.1) is 0 Å². The fourth-order valence-electron chi connectivity index (χ4n) is 2.60. The zero-order chi connectivity index (χ0) is 13.9. The standard InChI is InChI=1S/C16H20FNO/c1-16(2)8-4-9-18(16)12-14-6-7-15(17)11-13(14)5-3-10-19/h6-7,11,19H,4,8-10,12H2,1-2H3. The lowest BCUT2D eigenvalue weighted by molar-refractivity contribution is 0.166. The predicted molar refractivity (Wildman–Crippen MR) is 74.1 cm³/mol. The van der Waals surface area contributed by atoms with Crippen molar-refractivity contribution in [2.24, 2.45) is 0 Å². The number of hydrogen-bond donors (Lipinski definition) is 1. The molecule has 3 heteroatoms. The molecule has 1 aromatic rings. The molecule has 0 aromatic heterocycles. The van der Waals surface area contributed by atoms with Gasteiger partial charge in [0.15, 0.2) is 0 Å². The normalized spacial score (nSPS) is 18.1. The molecule has 0 saturated carbocycles. The minimum atomic E-state index is -0.285. The van der Waals surface area contributed by atoms with Gasteiger partial charge >= 0.3 is 0 Å². The minimum absolute atomic E-state index is 0.191. The maximum absolute atomic E-state index is 13.3. The SMILES string of the molecule is CC1(C)CCCN1Cc1ccc(F)cc1C#CCO. The first-order chi connectivity index (χ1) is 9.03. The van der Waals surface area contributed by atoms with Crippen molar-refractivity contribution in [2.75, 3.05) is 13.2 Å². The zero-order valence-corrected chi connectivity index (χ0v) is 11.5. The van der Waals surface area contributed by atoms with Crippen molar-refractivity contribution in [3.05, 3.63) is 35.1 Å². The minimum Gasteiger partial charge on any atom is -0.384 e. The molecule has 0 spiro atoms. The number of hydrogen-bond acceptors (Lipinski definition) is 2. The zero-order valence-electron chi connectivity index (χ0n) is 11.5. The fourth-order valence-corrected chi connectivity index (χ4v) is 2.60. The Labute approximate surface area is 114 Å². The summed E-state index contributed by atoms with van der Waals surface area (Å²) in [6.07, 6.45) is 2.39. The van der Waals surface area contributed by atoms with Crippen LogP contribution < -0.4 is 0 Å². The molecule has 2 rings (SSSR count). The average molecular weight is 261 g/mol. The summed E-state index contributed by atoms with van der Waals surface area (Å²) in [5.41, 5.74) is 1.89. The van der Waals surface area contributed by atoms with E-state index in [1.165, 1.54) is 25.0 Å². The molecule has 0 atom stereocenters. The monoisotopic (exact) mass is 261 g/mol. The molecule has 19 heavy (non-hydrogen) atoms. The highest BCUT2D eigenvalue weighted by Crippen LogP contribution is 2.30. The van der Waals surface area contributed by atoms with E-state index >= 15 is 0 Å². The average Bonchev–Trinajstić information content (AvgIpc) is 2.69. The van der Waals surface area contributed by atoms with Crippen LogP contribution in [0.1, 0.15) is 37.8 Å².